The SMILES string of the molecule is Cc1c[n+](C(C)(C)C)c(=O)[nH]c1N. The number of nitrogens with two attached hydrogens (primary N) is 1. The Kier molecular flexibility index (Phi) is 2.15. The number of H-pyrrole nitrogens is 1. The van der Waals surface area contributed by atoms with Gasteiger partial charge in [-0.2, -0.15) is 14.3 Å². The molecular formula is C9H16N3O+. The number of anilines is 1. The van der Waals surface area contributed by atoms with E-state index in [0.717, 1.165) is 5.56 Å². The first-order valence-corrected chi connectivity index (χ1v) is 4.24. The van der Waals surface area contributed by atoms with Gasteiger partial charge in [0.15, 0.2) is 5.82 Å². The van der Waals surface area contributed by atoms with Crippen LogP contribution in [0.4, 0.5) is 5.82 Å². The van der Waals surface area contributed by atoms with Gasteiger partial charge in [0.2, 0.25) is 0 Å². The van der Waals surface area contributed by atoms with Gasteiger partial charge in [-0.05, 0) is 27.7 Å². The van der Waals surface area contributed by atoms with Crippen molar-refractivity contribution in [1.82, 2.24) is 4.98 Å². The maximum atomic E-state index is 11.5. The second-order valence-corrected chi connectivity index (χ2v) is 4.20. The maximum absolute atomic E-state index is 11.5. The molecule has 1 aromatic rings. The van der Waals surface area contributed by atoms with Crippen LogP contribution in [-0.2, 0) is 5.54 Å². The molecule has 0 spiro atoms. The van der Waals surface area contributed by atoms with E-state index >= 15 is 0 Å². The van der Waals surface area contributed by atoms with E-state index < -0.39 is 0 Å². The molecule has 1 heterocycles. The quantitative estimate of drug-likeness (QED) is 0.567. The van der Waals surface area contributed by atoms with E-state index in [4.69, 9.17) is 5.73 Å². The van der Waals surface area contributed by atoms with E-state index in [1.165, 1.54) is 0 Å². The van der Waals surface area contributed by atoms with Crippen LogP contribution in [0.15, 0.2) is 11.0 Å². The molecule has 4 heteroatoms. The number of aryl methyl sites for hydroxylation is 1. The molecule has 1 rings (SSSR count). The van der Waals surface area contributed by atoms with Crippen molar-refractivity contribution in [3.8, 4) is 0 Å². The first-order valence-electron chi connectivity index (χ1n) is 4.24. The molecular weight excluding hydrogens is 166 g/mol. The number of rotatable bonds is 0. The molecule has 0 aliphatic heterocycles. The molecule has 13 heavy (non-hydrogen) atoms. The van der Waals surface area contributed by atoms with Crippen LogP contribution < -0.4 is 16.0 Å². The molecule has 0 aliphatic rings. The van der Waals surface area contributed by atoms with Crippen molar-refractivity contribution in [2.75, 3.05) is 5.73 Å². The average molecular weight is 182 g/mol. The Bertz CT molecular complexity index is 373. The third kappa shape index (κ3) is 1.88. The summed E-state index contributed by atoms with van der Waals surface area (Å²) in [5.74, 6) is 0.436. The van der Waals surface area contributed by atoms with Crippen LogP contribution >= 0.6 is 0 Å². The molecule has 1 aromatic heterocycles. The molecule has 0 aromatic carbocycles. The van der Waals surface area contributed by atoms with Gasteiger partial charge >= 0.3 is 5.69 Å². The Morgan fingerprint density at radius 3 is 2.46 bits per heavy atom. The summed E-state index contributed by atoms with van der Waals surface area (Å²) < 4.78 is 1.64. The molecule has 0 bridgehead atoms. The Morgan fingerprint density at radius 2 is 2.00 bits per heavy atom. The highest BCUT2D eigenvalue weighted by molar-refractivity contribution is 5.33. The maximum Gasteiger partial charge on any atom is 0.497 e. The van der Waals surface area contributed by atoms with Crippen molar-refractivity contribution in [3.05, 3.63) is 22.2 Å². The summed E-state index contributed by atoms with van der Waals surface area (Å²) in [6.07, 6.45) is 1.77. The van der Waals surface area contributed by atoms with E-state index in [2.05, 4.69) is 4.98 Å². The van der Waals surface area contributed by atoms with Crippen molar-refractivity contribution in [2.24, 2.45) is 0 Å². The zero-order chi connectivity index (χ0) is 10.2. The number of hydrogen-bond acceptors (Lipinski definition) is 2. The van der Waals surface area contributed by atoms with Gasteiger partial charge in [-0.25, -0.2) is 0 Å². The van der Waals surface area contributed by atoms with E-state index in [0.29, 0.717) is 5.82 Å². The lowest BCUT2D eigenvalue weighted by Crippen LogP contribution is -2.62. The van der Waals surface area contributed by atoms with Crippen molar-refractivity contribution >= 4 is 5.82 Å². The molecule has 0 saturated carbocycles. The molecule has 72 valence electrons. The summed E-state index contributed by atoms with van der Waals surface area (Å²) >= 11 is 0. The summed E-state index contributed by atoms with van der Waals surface area (Å²) in [4.78, 5) is 14.1. The number of nitrogens with zero attached hydrogens (tertiary/aromatic N) is 1. The molecule has 0 fully saturated rings. The summed E-state index contributed by atoms with van der Waals surface area (Å²) in [6.45, 7) is 7.78. The Morgan fingerprint density at radius 1 is 1.46 bits per heavy atom. The smallest absolute Gasteiger partial charge is 0.366 e. The lowest BCUT2D eigenvalue weighted by Gasteiger charge is -2.15. The predicted octanol–water partition coefficient (Wildman–Crippen LogP) is 0.308. The lowest BCUT2D eigenvalue weighted by molar-refractivity contribution is -0.769. The molecule has 0 radical (unpaired) electrons. The summed E-state index contributed by atoms with van der Waals surface area (Å²) in [5, 5.41) is 0. The second kappa shape index (κ2) is 2.87. The monoisotopic (exact) mass is 182 g/mol. The average Bonchev–Trinajstić information content (AvgIpc) is 1.94. The summed E-state index contributed by atoms with van der Waals surface area (Å²) in [6, 6.07) is 0. The molecule has 3 N–H and O–H groups in total. The van der Waals surface area contributed by atoms with Gasteiger partial charge in [-0.3, -0.25) is 0 Å². The summed E-state index contributed by atoms with van der Waals surface area (Å²) in [7, 11) is 0. The number of hydrogen-bond donors (Lipinski definition) is 2. The molecule has 4 nitrogen and oxygen atoms in total. The van der Waals surface area contributed by atoms with Gasteiger partial charge in [0.1, 0.15) is 11.7 Å². The fourth-order valence-electron chi connectivity index (χ4n) is 1.09. The largest absolute Gasteiger partial charge is 0.497 e. The van der Waals surface area contributed by atoms with Gasteiger partial charge in [0.25, 0.3) is 0 Å². The first kappa shape index (κ1) is 9.77. The van der Waals surface area contributed by atoms with Crippen molar-refractivity contribution < 1.29 is 4.57 Å². The zero-order valence-electron chi connectivity index (χ0n) is 8.51. The molecule has 0 aliphatic carbocycles. The standard InChI is InChI=1S/C9H15N3O/c1-6-5-12(9(2,3)4)8(13)11-7(6)10/h5H,1-4H3,(H2,10,11,13)/p+1. The van der Waals surface area contributed by atoms with Crippen LogP contribution in [0.5, 0.6) is 0 Å². The number of aromatic nitrogens is 2. The van der Waals surface area contributed by atoms with Crippen LogP contribution in [0.3, 0.4) is 0 Å². The van der Waals surface area contributed by atoms with Gasteiger partial charge in [0, 0.05) is 0 Å². The van der Waals surface area contributed by atoms with Crippen LogP contribution in [0.1, 0.15) is 26.3 Å². The second-order valence-electron chi connectivity index (χ2n) is 4.20. The third-order valence-electron chi connectivity index (χ3n) is 1.93. The Labute approximate surface area is 77.4 Å². The number of aromatic amines is 1. The Balaban J connectivity index is 3.41. The van der Waals surface area contributed by atoms with Crippen LogP contribution in [0.2, 0.25) is 0 Å². The molecule has 0 atom stereocenters. The highest BCUT2D eigenvalue weighted by atomic mass is 16.1. The fraction of sp³-hybridized carbons (Fsp3) is 0.556. The molecule has 0 amide bonds. The predicted molar refractivity (Wildman–Crippen MR) is 51.4 cm³/mol. The van der Waals surface area contributed by atoms with E-state index in [-0.39, 0.29) is 11.2 Å². The van der Waals surface area contributed by atoms with E-state index in [1.54, 1.807) is 10.8 Å². The fourth-order valence-corrected chi connectivity index (χ4v) is 1.09. The van der Waals surface area contributed by atoms with Gasteiger partial charge in [-0.15, -0.1) is 0 Å². The highest BCUT2D eigenvalue weighted by Gasteiger charge is 2.22. The van der Waals surface area contributed by atoms with Crippen molar-refractivity contribution in [2.45, 2.75) is 33.2 Å². The Hall–Kier alpha value is -1.32. The van der Waals surface area contributed by atoms with Gasteiger partial charge < -0.3 is 5.73 Å². The minimum absolute atomic E-state index is 0.171. The van der Waals surface area contributed by atoms with Crippen molar-refractivity contribution in [3.63, 3.8) is 0 Å². The van der Waals surface area contributed by atoms with E-state index in [9.17, 15) is 4.79 Å². The topological polar surface area (TPSA) is 62.8 Å². The number of nitrogens with one attached hydrogen (secondary N) is 1. The molecule has 0 unspecified atom stereocenters. The zero-order valence-corrected chi connectivity index (χ0v) is 8.51. The molecule has 0 saturated heterocycles. The van der Waals surface area contributed by atoms with Crippen LogP contribution in [0.25, 0.3) is 0 Å². The normalized spacial score (nSPS) is 11.7. The highest BCUT2D eigenvalue weighted by Crippen LogP contribution is 2.04. The third-order valence-corrected chi connectivity index (χ3v) is 1.93. The summed E-state index contributed by atoms with van der Waals surface area (Å²) in [5.41, 5.74) is 6.06. The van der Waals surface area contributed by atoms with E-state index in [1.807, 2.05) is 27.7 Å². The first-order chi connectivity index (χ1) is 5.82. The van der Waals surface area contributed by atoms with Crippen LogP contribution in [-0.4, -0.2) is 4.98 Å². The number of nitrogen functional groups attached to an aromatic ring is 1. The lowest BCUT2D eigenvalue weighted by atomic mass is 10.1. The van der Waals surface area contributed by atoms with Gasteiger partial charge in [-0.1, -0.05) is 0 Å². The minimum atomic E-state index is -0.216. The minimum Gasteiger partial charge on any atom is -0.366 e. The van der Waals surface area contributed by atoms with Crippen molar-refractivity contribution in [1.29, 1.82) is 0 Å². The van der Waals surface area contributed by atoms with Crippen LogP contribution in [0, 0.1) is 6.92 Å². The van der Waals surface area contributed by atoms with Gasteiger partial charge in [0.05, 0.1) is 5.56 Å².